The summed E-state index contributed by atoms with van der Waals surface area (Å²) in [5.74, 6) is -0.130. The largest absolute Gasteiger partial charge is 0.466 e. The van der Waals surface area contributed by atoms with Gasteiger partial charge in [-0.25, -0.2) is 4.79 Å². The second kappa shape index (κ2) is 9.66. The molecule has 27 heavy (non-hydrogen) atoms. The first-order valence-corrected chi connectivity index (χ1v) is 9.92. The van der Waals surface area contributed by atoms with Crippen LogP contribution in [0.1, 0.15) is 31.2 Å². The second-order valence-corrected chi connectivity index (χ2v) is 7.44. The van der Waals surface area contributed by atoms with Crippen molar-refractivity contribution in [1.82, 2.24) is 5.32 Å². The molecule has 1 heterocycles. The number of thioether (sulfide) groups is 1. The highest BCUT2D eigenvalue weighted by Crippen LogP contribution is 2.41. The zero-order valence-electron chi connectivity index (χ0n) is 15.2. The Kier molecular flexibility index (Phi) is 7.55. The maximum absolute atomic E-state index is 12.4. The Morgan fingerprint density at radius 1 is 1.41 bits per heavy atom. The van der Waals surface area contributed by atoms with E-state index in [0.717, 1.165) is 23.5 Å². The van der Waals surface area contributed by atoms with Gasteiger partial charge in [-0.3, -0.25) is 10.1 Å². The zero-order chi connectivity index (χ0) is 20.0. The first kappa shape index (κ1) is 21.1. The number of halogens is 1. The standard InChI is InChI=1S/C18H22ClN3O4S/c1-11-16(22(24)25)14(15(17(20)21-11)18(23)26-2)12-7-3-4-8-13(12)27-10-6-5-9-19/h3-4,7-8,14,21H,5-6,9-10,20H2,1-2H3. The molecular formula is C18H22ClN3O4S. The summed E-state index contributed by atoms with van der Waals surface area (Å²) in [5, 5.41) is 14.5. The van der Waals surface area contributed by atoms with Crippen LogP contribution >= 0.6 is 23.4 Å². The van der Waals surface area contributed by atoms with E-state index in [9.17, 15) is 14.9 Å². The molecule has 1 aromatic rings. The molecule has 1 aliphatic heterocycles. The van der Waals surface area contributed by atoms with Crippen molar-refractivity contribution in [3.63, 3.8) is 0 Å². The lowest BCUT2D eigenvalue weighted by Crippen LogP contribution is -2.35. The number of ether oxygens (including phenoxy) is 1. The topological polar surface area (TPSA) is 107 Å². The van der Waals surface area contributed by atoms with Crippen LogP contribution in [0.5, 0.6) is 0 Å². The SMILES string of the molecule is COC(=O)C1=C(N)NC(C)=C([N+](=O)[O-])C1c1ccccc1SCCCCCl. The van der Waals surface area contributed by atoms with E-state index in [2.05, 4.69) is 5.32 Å². The Bertz CT molecular complexity index is 795. The minimum atomic E-state index is -0.912. The van der Waals surface area contributed by atoms with Crippen LogP contribution in [0, 0.1) is 10.1 Å². The molecule has 1 aliphatic rings. The van der Waals surface area contributed by atoms with Crippen molar-refractivity contribution >= 4 is 29.3 Å². The average molecular weight is 412 g/mol. The smallest absolute Gasteiger partial charge is 0.338 e. The number of allylic oxidation sites excluding steroid dienone is 2. The number of nitrogens with zero attached hydrogens (tertiary/aromatic N) is 1. The van der Waals surface area contributed by atoms with Crippen molar-refractivity contribution in [2.45, 2.75) is 30.6 Å². The van der Waals surface area contributed by atoms with Gasteiger partial charge in [-0.05, 0) is 37.1 Å². The van der Waals surface area contributed by atoms with Crippen LogP contribution in [0.3, 0.4) is 0 Å². The summed E-state index contributed by atoms with van der Waals surface area (Å²) in [5.41, 5.74) is 6.91. The molecule has 0 aliphatic carbocycles. The predicted molar refractivity (Wildman–Crippen MR) is 106 cm³/mol. The van der Waals surface area contributed by atoms with Gasteiger partial charge in [0.1, 0.15) is 11.7 Å². The highest BCUT2D eigenvalue weighted by molar-refractivity contribution is 7.99. The number of nitro groups is 1. The van der Waals surface area contributed by atoms with Crippen LogP contribution in [-0.4, -0.2) is 29.6 Å². The number of methoxy groups -OCH3 is 1. The average Bonchev–Trinajstić information content (AvgIpc) is 2.64. The minimum absolute atomic E-state index is 0.0450. The summed E-state index contributed by atoms with van der Waals surface area (Å²) < 4.78 is 4.84. The van der Waals surface area contributed by atoms with Gasteiger partial charge >= 0.3 is 5.97 Å². The number of esters is 1. The van der Waals surface area contributed by atoms with Gasteiger partial charge in [0.2, 0.25) is 0 Å². The number of alkyl halides is 1. The monoisotopic (exact) mass is 411 g/mol. The maximum Gasteiger partial charge on any atom is 0.338 e. The van der Waals surface area contributed by atoms with Crippen molar-refractivity contribution in [2.75, 3.05) is 18.7 Å². The van der Waals surface area contributed by atoms with E-state index in [1.54, 1.807) is 30.8 Å². The Labute approximate surface area is 167 Å². The van der Waals surface area contributed by atoms with E-state index in [1.807, 2.05) is 12.1 Å². The number of dihydropyridines is 1. The maximum atomic E-state index is 12.4. The van der Waals surface area contributed by atoms with Gasteiger partial charge < -0.3 is 15.8 Å². The number of unbranched alkanes of at least 4 members (excludes halogenated alkanes) is 1. The highest BCUT2D eigenvalue weighted by Gasteiger charge is 2.42. The molecule has 3 N–H and O–H groups in total. The van der Waals surface area contributed by atoms with Gasteiger partial charge in [-0.15, -0.1) is 23.4 Å². The molecule has 0 amide bonds. The van der Waals surface area contributed by atoms with Gasteiger partial charge in [-0.2, -0.15) is 0 Å². The normalized spacial score (nSPS) is 16.9. The quantitative estimate of drug-likeness (QED) is 0.169. The van der Waals surface area contributed by atoms with Crippen LogP contribution in [0.2, 0.25) is 0 Å². The van der Waals surface area contributed by atoms with Crippen molar-refractivity contribution in [3.05, 3.63) is 62.7 Å². The number of carbonyl (C=O) groups is 1. The third-order valence-electron chi connectivity index (χ3n) is 4.18. The van der Waals surface area contributed by atoms with E-state index in [0.29, 0.717) is 17.1 Å². The summed E-state index contributed by atoms with van der Waals surface area (Å²) in [6.45, 7) is 1.57. The Balaban J connectivity index is 2.54. The summed E-state index contributed by atoms with van der Waals surface area (Å²) >= 11 is 7.30. The third-order valence-corrected chi connectivity index (χ3v) is 5.62. The van der Waals surface area contributed by atoms with Crippen molar-refractivity contribution in [3.8, 4) is 0 Å². The van der Waals surface area contributed by atoms with E-state index in [-0.39, 0.29) is 17.1 Å². The fourth-order valence-electron chi connectivity index (χ4n) is 2.95. The first-order chi connectivity index (χ1) is 12.9. The number of nitrogens with one attached hydrogen (secondary N) is 1. The molecule has 146 valence electrons. The molecule has 1 unspecified atom stereocenters. The van der Waals surface area contributed by atoms with Crippen LogP contribution in [-0.2, 0) is 9.53 Å². The molecule has 0 bridgehead atoms. The van der Waals surface area contributed by atoms with Crippen molar-refractivity contribution < 1.29 is 14.5 Å². The number of benzene rings is 1. The van der Waals surface area contributed by atoms with Gasteiger partial charge in [0.25, 0.3) is 5.70 Å². The molecule has 1 atom stereocenters. The van der Waals surface area contributed by atoms with Crippen LogP contribution in [0.25, 0.3) is 0 Å². The second-order valence-electron chi connectivity index (χ2n) is 5.93. The minimum Gasteiger partial charge on any atom is -0.466 e. The lowest BCUT2D eigenvalue weighted by Gasteiger charge is -2.26. The summed E-state index contributed by atoms with van der Waals surface area (Å²) in [4.78, 5) is 24.6. The van der Waals surface area contributed by atoms with E-state index in [4.69, 9.17) is 22.1 Å². The van der Waals surface area contributed by atoms with Crippen LogP contribution < -0.4 is 11.1 Å². The summed E-state index contributed by atoms with van der Waals surface area (Å²) in [7, 11) is 1.23. The summed E-state index contributed by atoms with van der Waals surface area (Å²) in [6, 6.07) is 7.33. The molecule has 0 radical (unpaired) electrons. The van der Waals surface area contributed by atoms with Crippen LogP contribution in [0.4, 0.5) is 0 Å². The van der Waals surface area contributed by atoms with E-state index >= 15 is 0 Å². The number of hydrogen-bond acceptors (Lipinski definition) is 7. The lowest BCUT2D eigenvalue weighted by atomic mass is 9.85. The number of rotatable bonds is 8. The van der Waals surface area contributed by atoms with Gasteiger partial charge in [0.15, 0.2) is 0 Å². The Hall–Kier alpha value is -2.19. The molecule has 1 aromatic carbocycles. The number of nitrogens with two attached hydrogens (primary N) is 1. The molecule has 0 spiro atoms. The molecule has 0 saturated carbocycles. The van der Waals surface area contributed by atoms with Crippen molar-refractivity contribution in [2.24, 2.45) is 5.73 Å². The molecule has 0 saturated heterocycles. The molecule has 2 rings (SSSR count). The molecule has 7 nitrogen and oxygen atoms in total. The third kappa shape index (κ3) is 4.75. The fraction of sp³-hybridized carbons (Fsp3) is 0.389. The molecule has 9 heteroatoms. The van der Waals surface area contributed by atoms with Crippen molar-refractivity contribution in [1.29, 1.82) is 0 Å². The zero-order valence-corrected chi connectivity index (χ0v) is 16.7. The Morgan fingerprint density at radius 2 is 2.11 bits per heavy atom. The summed E-state index contributed by atoms with van der Waals surface area (Å²) in [6.07, 6.45) is 1.82. The van der Waals surface area contributed by atoms with Gasteiger partial charge in [0.05, 0.1) is 23.3 Å². The van der Waals surface area contributed by atoms with Crippen LogP contribution in [0.15, 0.2) is 51.9 Å². The fourth-order valence-corrected chi connectivity index (χ4v) is 4.24. The molecule has 0 aromatic heterocycles. The van der Waals surface area contributed by atoms with E-state index < -0.39 is 16.8 Å². The lowest BCUT2D eigenvalue weighted by molar-refractivity contribution is -0.431. The first-order valence-electron chi connectivity index (χ1n) is 8.40. The predicted octanol–water partition coefficient (Wildman–Crippen LogP) is 3.34. The van der Waals surface area contributed by atoms with Gasteiger partial charge in [-0.1, -0.05) is 18.2 Å². The van der Waals surface area contributed by atoms with Gasteiger partial charge in [0, 0.05) is 10.8 Å². The number of carbonyl (C=O) groups excluding carboxylic acids is 1. The van der Waals surface area contributed by atoms with E-state index in [1.165, 1.54) is 7.11 Å². The highest BCUT2D eigenvalue weighted by atomic mass is 35.5. The number of hydrogen-bond donors (Lipinski definition) is 2. The molecule has 0 fully saturated rings. The molecular weight excluding hydrogens is 390 g/mol. The Morgan fingerprint density at radius 3 is 2.74 bits per heavy atom.